The summed E-state index contributed by atoms with van der Waals surface area (Å²) in [7, 11) is 0. The fourth-order valence-corrected chi connectivity index (χ4v) is 3.16. The molecule has 1 N–H and O–H groups in total. The van der Waals surface area contributed by atoms with Gasteiger partial charge in [0.05, 0.1) is 12.3 Å². The van der Waals surface area contributed by atoms with E-state index in [-0.39, 0.29) is 5.91 Å². The van der Waals surface area contributed by atoms with Crippen molar-refractivity contribution < 1.29 is 10.0 Å². The number of nitrogens with zero attached hydrogens (tertiary/aromatic N) is 3. The first-order valence-electron chi connectivity index (χ1n) is 7.62. The van der Waals surface area contributed by atoms with E-state index in [4.69, 9.17) is 5.21 Å². The van der Waals surface area contributed by atoms with Gasteiger partial charge in [0.2, 0.25) is 5.91 Å². The summed E-state index contributed by atoms with van der Waals surface area (Å²) in [5.41, 5.74) is 2.62. The number of benzene rings is 1. The van der Waals surface area contributed by atoms with Crippen LogP contribution in [0, 0.1) is 0 Å². The molecule has 2 aliphatic rings. The zero-order valence-electron chi connectivity index (χ0n) is 12.2. The molecule has 0 saturated carbocycles. The molecule has 0 unspecified atom stereocenters. The van der Waals surface area contributed by atoms with Gasteiger partial charge in [-0.05, 0) is 25.3 Å². The zero-order chi connectivity index (χ0) is 14.7. The van der Waals surface area contributed by atoms with Gasteiger partial charge in [-0.15, -0.1) is 0 Å². The predicted molar refractivity (Wildman–Crippen MR) is 82.0 cm³/mol. The largest absolute Gasteiger partial charge is 0.411 e. The first kappa shape index (κ1) is 13.9. The van der Waals surface area contributed by atoms with E-state index < -0.39 is 0 Å². The number of likely N-dealkylation sites (tertiary alicyclic amines) is 1. The molecule has 0 atom stereocenters. The van der Waals surface area contributed by atoms with E-state index >= 15 is 0 Å². The van der Waals surface area contributed by atoms with Crippen LogP contribution >= 0.6 is 0 Å². The van der Waals surface area contributed by atoms with Gasteiger partial charge in [-0.1, -0.05) is 23.4 Å². The van der Waals surface area contributed by atoms with Gasteiger partial charge in [-0.2, -0.15) is 0 Å². The monoisotopic (exact) mass is 287 g/mol. The highest BCUT2D eigenvalue weighted by Gasteiger charge is 2.25. The number of piperidine rings is 1. The van der Waals surface area contributed by atoms with Crippen molar-refractivity contribution in [3.63, 3.8) is 0 Å². The maximum absolute atomic E-state index is 12.4. The lowest BCUT2D eigenvalue weighted by Gasteiger charge is -2.34. The maximum Gasteiger partial charge on any atom is 0.242 e. The number of fused-ring (bicyclic) bond motifs is 1. The molecule has 1 saturated heterocycles. The summed E-state index contributed by atoms with van der Waals surface area (Å²) in [6.45, 7) is 2.90. The summed E-state index contributed by atoms with van der Waals surface area (Å²) in [5.74, 6) is 0.203. The smallest absolute Gasteiger partial charge is 0.242 e. The van der Waals surface area contributed by atoms with Crippen LogP contribution in [0.4, 0.5) is 5.69 Å². The average molecular weight is 287 g/mol. The van der Waals surface area contributed by atoms with Crippen LogP contribution in [0.5, 0.6) is 0 Å². The van der Waals surface area contributed by atoms with E-state index in [1.165, 1.54) is 6.42 Å². The zero-order valence-corrected chi connectivity index (χ0v) is 12.2. The predicted octanol–water partition coefficient (Wildman–Crippen LogP) is 2.09. The second-order valence-corrected chi connectivity index (χ2v) is 5.68. The standard InChI is InChI=1S/C16H21N3O2/c20-16(18-9-4-1-5-10-18)12-19-11-8-14(17-21)13-6-2-3-7-15(13)19/h2-3,6-7,21H,1,4-5,8-12H2. The van der Waals surface area contributed by atoms with Crippen molar-refractivity contribution >= 4 is 17.3 Å². The van der Waals surface area contributed by atoms with Crippen molar-refractivity contribution in [3.05, 3.63) is 29.8 Å². The molecule has 112 valence electrons. The number of para-hydroxylation sites is 1. The number of hydrogen-bond donors (Lipinski definition) is 1. The number of rotatable bonds is 2. The Kier molecular flexibility index (Phi) is 4.08. The molecule has 3 rings (SSSR count). The van der Waals surface area contributed by atoms with Crippen molar-refractivity contribution in [2.24, 2.45) is 5.16 Å². The molecular weight excluding hydrogens is 266 g/mol. The Labute approximate surface area is 124 Å². The Balaban J connectivity index is 1.76. The molecule has 0 bridgehead atoms. The third kappa shape index (κ3) is 2.86. The summed E-state index contributed by atoms with van der Waals surface area (Å²) in [5, 5.41) is 12.5. The minimum Gasteiger partial charge on any atom is -0.411 e. The fourth-order valence-electron chi connectivity index (χ4n) is 3.16. The summed E-state index contributed by atoms with van der Waals surface area (Å²) in [4.78, 5) is 16.5. The Bertz CT molecular complexity index is 550. The van der Waals surface area contributed by atoms with Crippen molar-refractivity contribution in [3.8, 4) is 0 Å². The molecule has 0 aliphatic carbocycles. The Morgan fingerprint density at radius 2 is 1.90 bits per heavy atom. The Morgan fingerprint density at radius 3 is 2.67 bits per heavy atom. The molecule has 0 aromatic heterocycles. The number of amides is 1. The number of oxime groups is 1. The van der Waals surface area contributed by atoms with Crippen molar-refractivity contribution in [1.29, 1.82) is 0 Å². The highest BCUT2D eigenvalue weighted by Crippen LogP contribution is 2.27. The van der Waals surface area contributed by atoms with Crippen LogP contribution in [-0.2, 0) is 4.79 Å². The lowest BCUT2D eigenvalue weighted by Crippen LogP contribution is -2.44. The molecule has 5 heteroatoms. The first-order valence-corrected chi connectivity index (χ1v) is 7.62. The minimum absolute atomic E-state index is 0.203. The normalized spacial score (nSPS) is 20.5. The van der Waals surface area contributed by atoms with Gasteiger partial charge in [-0.25, -0.2) is 0 Å². The summed E-state index contributed by atoms with van der Waals surface area (Å²) in [6, 6.07) is 7.82. The molecule has 2 heterocycles. The van der Waals surface area contributed by atoms with Crippen LogP contribution in [0.15, 0.2) is 29.4 Å². The SMILES string of the molecule is O=C(CN1CCC(=NO)c2ccccc21)N1CCCCC1. The number of anilines is 1. The van der Waals surface area contributed by atoms with E-state index in [0.717, 1.165) is 43.7 Å². The lowest BCUT2D eigenvalue weighted by atomic mass is 9.99. The average Bonchev–Trinajstić information content (AvgIpc) is 2.56. The van der Waals surface area contributed by atoms with Crippen LogP contribution in [-0.4, -0.2) is 47.9 Å². The molecule has 2 aliphatic heterocycles. The van der Waals surface area contributed by atoms with Gasteiger partial charge in [0.25, 0.3) is 0 Å². The van der Waals surface area contributed by atoms with Crippen LogP contribution in [0.1, 0.15) is 31.2 Å². The van der Waals surface area contributed by atoms with E-state index in [2.05, 4.69) is 10.1 Å². The second kappa shape index (κ2) is 6.16. The minimum atomic E-state index is 0.203. The molecule has 0 radical (unpaired) electrons. The van der Waals surface area contributed by atoms with E-state index in [1.807, 2.05) is 29.2 Å². The van der Waals surface area contributed by atoms with Gasteiger partial charge < -0.3 is 15.0 Å². The lowest BCUT2D eigenvalue weighted by molar-refractivity contribution is -0.130. The molecular formula is C16H21N3O2. The molecule has 21 heavy (non-hydrogen) atoms. The van der Waals surface area contributed by atoms with Crippen molar-refractivity contribution in [2.45, 2.75) is 25.7 Å². The van der Waals surface area contributed by atoms with Crippen LogP contribution in [0.3, 0.4) is 0 Å². The third-order valence-corrected chi connectivity index (χ3v) is 4.33. The van der Waals surface area contributed by atoms with Gasteiger partial charge in [0, 0.05) is 37.3 Å². The molecule has 1 aromatic carbocycles. The van der Waals surface area contributed by atoms with Crippen LogP contribution in [0.2, 0.25) is 0 Å². The van der Waals surface area contributed by atoms with Crippen molar-refractivity contribution in [1.82, 2.24) is 4.90 Å². The van der Waals surface area contributed by atoms with Gasteiger partial charge in [0.1, 0.15) is 0 Å². The fraction of sp³-hybridized carbons (Fsp3) is 0.500. The van der Waals surface area contributed by atoms with Gasteiger partial charge in [-0.3, -0.25) is 4.79 Å². The second-order valence-electron chi connectivity index (χ2n) is 5.68. The van der Waals surface area contributed by atoms with Gasteiger partial charge in [0.15, 0.2) is 0 Å². The highest BCUT2D eigenvalue weighted by molar-refractivity contribution is 6.07. The molecule has 1 amide bonds. The third-order valence-electron chi connectivity index (χ3n) is 4.33. The maximum atomic E-state index is 12.4. The molecule has 5 nitrogen and oxygen atoms in total. The molecule has 1 aromatic rings. The molecule has 0 spiro atoms. The van der Waals surface area contributed by atoms with E-state index in [0.29, 0.717) is 18.7 Å². The Morgan fingerprint density at radius 1 is 1.14 bits per heavy atom. The summed E-state index contributed by atoms with van der Waals surface area (Å²) >= 11 is 0. The number of carbonyl (C=O) groups excluding carboxylic acids is 1. The summed E-state index contributed by atoms with van der Waals surface area (Å²) < 4.78 is 0. The highest BCUT2D eigenvalue weighted by atomic mass is 16.4. The van der Waals surface area contributed by atoms with Crippen LogP contribution < -0.4 is 4.90 Å². The molecule has 1 fully saturated rings. The van der Waals surface area contributed by atoms with Crippen molar-refractivity contribution in [2.75, 3.05) is 31.1 Å². The number of carbonyl (C=O) groups is 1. The van der Waals surface area contributed by atoms with E-state index in [9.17, 15) is 4.79 Å². The summed E-state index contributed by atoms with van der Waals surface area (Å²) in [6.07, 6.45) is 4.13. The first-order chi connectivity index (χ1) is 10.3. The quantitative estimate of drug-likeness (QED) is 0.669. The topological polar surface area (TPSA) is 56.1 Å². The van der Waals surface area contributed by atoms with Gasteiger partial charge >= 0.3 is 0 Å². The van der Waals surface area contributed by atoms with E-state index in [1.54, 1.807) is 0 Å². The van der Waals surface area contributed by atoms with Crippen LogP contribution in [0.25, 0.3) is 0 Å². The Hall–Kier alpha value is -2.04. The number of hydrogen-bond acceptors (Lipinski definition) is 4.